The molecule has 0 bridgehead atoms. The lowest BCUT2D eigenvalue weighted by atomic mass is 9.82. The highest BCUT2D eigenvalue weighted by atomic mass is 32.1. The van der Waals surface area contributed by atoms with E-state index in [2.05, 4.69) is 51.6 Å². The van der Waals surface area contributed by atoms with Crippen LogP contribution in [0.25, 0.3) is 0 Å². The number of piperidine rings is 1. The second kappa shape index (κ2) is 8.20. The molecule has 1 spiro atoms. The summed E-state index contributed by atoms with van der Waals surface area (Å²) in [6.07, 6.45) is 6.46. The van der Waals surface area contributed by atoms with Gasteiger partial charge < -0.3 is 14.6 Å². The monoisotopic (exact) mass is 444 g/mol. The lowest BCUT2D eigenvalue weighted by Gasteiger charge is -2.44. The summed E-state index contributed by atoms with van der Waals surface area (Å²) >= 11 is 1.99. The number of aromatic nitrogens is 2. The van der Waals surface area contributed by atoms with Crippen molar-refractivity contribution in [1.82, 2.24) is 30.6 Å². The lowest BCUT2D eigenvalue weighted by Crippen LogP contribution is -2.47. The van der Waals surface area contributed by atoms with Crippen LogP contribution in [0, 0.1) is 6.92 Å². The average molecular weight is 445 g/mol. The van der Waals surface area contributed by atoms with Gasteiger partial charge in [0.25, 0.3) is 0 Å². The number of hydrazine groups is 2. The molecular formula is C22H32N6O2S. The van der Waals surface area contributed by atoms with Crippen molar-refractivity contribution in [3.8, 4) is 0 Å². The topological polar surface area (TPSA) is 69.9 Å². The number of thiophene rings is 1. The third kappa shape index (κ3) is 3.88. The first-order chi connectivity index (χ1) is 15.0. The largest absolute Gasteiger partial charge is 0.423 e. The zero-order chi connectivity index (χ0) is 21.6. The first kappa shape index (κ1) is 20.9. The number of fused-ring (bicyclic) bond motifs is 2. The molecule has 0 radical (unpaired) electrons. The van der Waals surface area contributed by atoms with E-state index >= 15 is 0 Å². The third-order valence-electron chi connectivity index (χ3n) is 6.70. The molecule has 5 rings (SSSR count). The quantitative estimate of drug-likeness (QED) is 0.754. The van der Waals surface area contributed by atoms with Gasteiger partial charge in [0.05, 0.1) is 17.9 Å². The van der Waals surface area contributed by atoms with Crippen LogP contribution in [0.4, 0.5) is 0 Å². The molecule has 3 aliphatic heterocycles. The van der Waals surface area contributed by atoms with Gasteiger partial charge >= 0.3 is 0 Å². The van der Waals surface area contributed by atoms with Crippen LogP contribution >= 0.6 is 11.3 Å². The van der Waals surface area contributed by atoms with Crippen molar-refractivity contribution in [2.75, 3.05) is 33.3 Å². The standard InChI is InChI=1S/C22H32N6O2S/c1-5-18-12-19-20(31-18)6-11-29-22(19)7-9-27(10-8-22)13-17-14-28(26(4)25-17)15(2)21-24-23-16(3)30-21/h12,14-15,25H,5-11,13H2,1-4H3. The van der Waals surface area contributed by atoms with Gasteiger partial charge in [-0.3, -0.25) is 9.91 Å². The predicted octanol–water partition coefficient (Wildman–Crippen LogP) is 3.14. The van der Waals surface area contributed by atoms with Gasteiger partial charge in [-0.2, -0.15) is 0 Å². The number of likely N-dealkylation sites (tertiary alicyclic amines) is 1. The number of rotatable bonds is 5. The van der Waals surface area contributed by atoms with Crippen molar-refractivity contribution in [3.63, 3.8) is 0 Å². The molecule has 0 saturated carbocycles. The van der Waals surface area contributed by atoms with Crippen molar-refractivity contribution in [3.05, 3.63) is 45.1 Å². The van der Waals surface area contributed by atoms with Crippen molar-refractivity contribution < 1.29 is 9.15 Å². The molecule has 0 aromatic carbocycles. The van der Waals surface area contributed by atoms with Crippen LogP contribution in [0.5, 0.6) is 0 Å². The van der Waals surface area contributed by atoms with Crippen molar-refractivity contribution in [2.45, 2.75) is 58.1 Å². The smallest absolute Gasteiger partial charge is 0.240 e. The molecule has 5 heterocycles. The van der Waals surface area contributed by atoms with E-state index in [9.17, 15) is 0 Å². The SMILES string of the molecule is CCc1cc2c(s1)CCOC21CCN(CC2=CN(C(C)c3nnc(C)o3)N(C)N2)CC1. The predicted molar refractivity (Wildman–Crippen MR) is 119 cm³/mol. The average Bonchev–Trinajstić information content (AvgIpc) is 3.48. The molecule has 2 aromatic rings. The summed E-state index contributed by atoms with van der Waals surface area (Å²) in [5, 5.41) is 12.2. The maximum Gasteiger partial charge on any atom is 0.240 e. The number of ether oxygens (including phenoxy) is 1. The first-order valence-corrected chi connectivity index (χ1v) is 12.1. The Hall–Kier alpha value is -1.94. The fourth-order valence-corrected chi connectivity index (χ4v) is 6.13. The minimum absolute atomic E-state index is 0.0266. The molecule has 0 amide bonds. The number of hydrogen-bond acceptors (Lipinski definition) is 9. The minimum Gasteiger partial charge on any atom is -0.423 e. The normalized spacial score (nSPS) is 22.5. The molecule has 1 N–H and O–H groups in total. The molecule has 1 atom stereocenters. The summed E-state index contributed by atoms with van der Waals surface area (Å²) < 4.78 is 12.1. The van der Waals surface area contributed by atoms with Crippen LogP contribution in [-0.2, 0) is 23.2 Å². The molecule has 2 aromatic heterocycles. The number of nitrogens with zero attached hydrogens (tertiary/aromatic N) is 5. The van der Waals surface area contributed by atoms with Crippen LogP contribution < -0.4 is 5.43 Å². The van der Waals surface area contributed by atoms with Gasteiger partial charge in [0.15, 0.2) is 0 Å². The second-order valence-electron chi connectivity index (χ2n) is 8.78. The fraction of sp³-hybridized carbons (Fsp3) is 0.636. The summed E-state index contributed by atoms with van der Waals surface area (Å²) in [5.41, 5.74) is 6.05. The Morgan fingerprint density at radius 2 is 2.10 bits per heavy atom. The Kier molecular flexibility index (Phi) is 5.54. The molecule has 1 unspecified atom stereocenters. The van der Waals surface area contributed by atoms with E-state index in [0.717, 1.165) is 51.9 Å². The lowest BCUT2D eigenvalue weighted by molar-refractivity contribution is -0.0963. The van der Waals surface area contributed by atoms with Gasteiger partial charge in [-0.15, -0.1) is 26.7 Å². The fourth-order valence-electron chi connectivity index (χ4n) is 4.96. The van der Waals surface area contributed by atoms with Gasteiger partial charge in [-0.25, -0.2) is 0 Å². The highest BCUT2D eigenvalue weighted by Crippen LogP contribution is 2.44. The molecule has 1 saturated heterocycles. The van der Waals surface area contributed by atoms with Crippen molar-refractivity contribution in [1.29, 1.82) is 0 Å². The van der Waals surface area contributed by atoms with Crippen LogP contribution in [0.1, 0.15) is 59.8 Å². The van der Waals surface area contributed by atoms with Gasteiger partial charge in [-0.05, 0) is 37.8 Å². The number of aryl methyl sites for hydroxylation is 2. The zero-order valence-electron chi connectivity index (χ0n) is 18.8. The van der Waals surface area contributed by atoms with Crippen LogP contribution in [-0.4, -0.2) is 58.5 Å². The summed E-state index contributed by atoms with van der Waals surface area (Å²) in [5.74, 6) is 1.21. The molecular weight excluding hydrogens is 412 g/mol. The van der Waals surface area contributed by atoms with E-state index in [1.54, 1.807) is 4.88 Å². The highest BCUT2D eigenvalue weighted by molar-refractivity contribution is 7.12. The Bertz CT molecular complexity index is 961. The van der Waals surface area contributed by atoms with Crippen LogP contribution in [0.2, 0.25) is 0 Å². The number of nitrogens with one attached hydrogen (secondary N) is 1. The van der Waals surface area contributed by atoms with E-state index in [4.69, 9.17) is 9.15 Å². The summed E-state index contributed by atoms with van der Waals surface area (Å²) in [6.45, 7) is 9.96. The van der Waals surface area contributed by atoms with Crippen molar-refractivity contribution >= 4 is 11.3 Å². The Balaban J connectivity index is 1.23. The van der Waals surface area contributed by atoms with E-state index in [0.29, 0.717) is 11.8 Å². The van der Waals surface area contributed by atoms with E-state index < -0.39 is 0 Å². The maximum absolute atomic E-state index is 6.44. The molecule has 0 aliphatic carbocycles. The van der Waals surface area contributed by atoms with Crippen LogP contribution in [0.15, 0.2) is 22.4 Å². The molecule has 3 aliphatic rings. The summed E-state index contributed by atoms with van der Waals surface area (Å²) in [7, 11) is 2.01. The maximum atomic E-state index is 6.44. The Morgan fingerprint density at radius 3 is 2.81 bits per heavy atom. The molecule has 9 heteroatoms. The highest BCUT2D eigenvalue weighted by Gasteiger charge is 2.42. The summed E-state index contributed by atoms with van der Waals surface area (Å²) in [6, 6.07) is 2.39. The number of hydrogen-bond donors (Lipinski definition) is 1. The van der Waals surface area contributed by atoms with Gasteiger partial charge in [0.2, 0.25) is 11.8 Å². The molecule has 1 fully saturated rings. The first-order valence-electron chi connectivity index (χ1n) is 11.2. The van der Waals surface area contributed by atoms with E-state index in [-0.39, 0.29) is 11.6 Å². The molecule has 8 nitrogen and oxygen atoms in total. The Morgan fingerprint density at radius 1 is 1.29 bits per heavy atom. The van der Waals surface area contributed by atoms with Gasteiger partial charge in [-0.1, -0.05) is 6.92 Å². The van der Waals surface area contributed by atoms with Crippen LogP contribution in [0.3, 0.4) is 0 Å². The van der Waals surface area contributed by atoms with Crippen molar-refractivity contribution in [2.24, 2.45) is 0 Å². The minimum atomic E-state index is -0.0708. The van der Waals surface area contributed by atoms with Gasteiger partial charge in [0.1, 0.15) is 6.04 Å². The van der Waals surface area contributed by atoms with Gasteiger partial charge in [0, 0.05) is 56.0 Å². The van der Waals surface area contributed by atoms with E-state index in [1.807, 2.05) is 30.4 Å². The molecule has 31 heavy (non-hydrogen) atoms. The third-order valence-corrected chi connectivity index (χ3v) is 8.04. The second-order valence-corrected chi connectivity index (χ2v) is 10.00. The molecule has 168 valence electrons. The Labute approximate surface area is 187 Å². The summed E-state index contributed by atoms with van der Waals surface area (Å²) in [4.78, 5) is 5.57. The van der Waals surface area contributed by atoms with E-state index in [1.165, 1.54) is 16.1 Å². The zero-order valence-corrected chi connectivity index (χ0v) is 19.7.